The van der Waals surface area contributed by atoms with Crippen LogP contribution in [0.3, 0.4) is 0 Å². The predicted molar refractivity (Wildman–Crippen MR) is 109 cm³/mol. The number of guanidine groups is 1. The minimum atomic E-state index is 0.489. The first-order valence-electron chi connectivity index (χ1n) is 8.94. The normalized spacial score (nSPS) is 12.1. The summed E-state index contributed by atoms with van der Waals surface area (Å²) in [4.78, 5) is 8.95. The molecule has 2 N–H and O–H groups in total. The lowest BCUT2D eigenvalue weighted by Gasteiger charge is -2.10. The maximum atomic E-state index is 5.94. The fraction of sp³-hybridized carbons (Fsp3) is 0.400. The van der Waals surface area contributed by atoms with E-state index in [0.717, 1.165) is 41.3 Å². The van der Waals surface area contributed by atoms with Crippen LogP contribution in [0.25, 0.3) is 11.0 Å². The molecule has 0 fully saturated rings. The molecule has 5 nitrogen and oxygen atoms in total. The van der Waals surface area contributed by atoms with Crippen LogP contribution in [-0.2, 0) is 13.0 Å². The summed E-state index contributed by atoms with van der Waals surface area (Å²) in [6.07, 6.45) is 0.883. The summed E-state index contributed by atoms with van der Waals surface area (Å²) in [6, 6.07) is 8.11. The van der Waals surface area contributed by atoms with Crippen molar-refractivity contribution >= 4 is 28.3 Å². The van der Waals surface area contributed by atoms with Crippen LogP contribution in [0.1, 0.15) is 41.8 Å². The third-order valence-corrected chi connectivity index (χ3v) is 5.51. The van der Waals surface area contributed by atoms with E-state index in [1.54, 1.807) is 18.4 Å². The van der Waals surface area contributed by atoms with E-state index in [9.17, 15) is 0 Å². The number of nitrogens with one attached hydrogen (secondary N) is 2. The first kappa shape index (κ1) is 18.5. The highest BCUT2D eigenvalue weighted by atomic mass is 32.1. The van der Waals surface area contributed by atoms with Gasteiger partial charge in [-0.2, -0.15) is 0 Å². The highest BCUT2D eigenvalue weighted by molar-refractivity contribution is 7.09. The summed E-state index contributed by atoms with van der Waals surface area (Å²) in [5.41, 5.74) is 3.23. The number of benzene rings is 1. The fourth-order valence-corrected chi connectivity index (χ4v) is 3.66. The third-order valence-electron chi connectivity index (χ3n) is 4.32. The molecular weight excluding hydrogens is 344 g/mol. The SMILES string of the molecule is CN=C(NCCc1csc(C(C)C)n1)NCc1oc2ccccc2c1C. The van der Waals surface area contributed by atoms with Crippen LogP contribution in [0.15, 0.2) is 39.1 Å². The standard InChI is InChI=1S/C20H26N4OS/c1-13(2)19-24-15(12-26-19)9-10-22-20(21-4)23-11-18-14(3)16-7-5-6-8-17(16)25-18/h5-8,12-13H,9-11H2,1-4H3,(H2,21,22,23). The lowest BCUT2D eigenvalue weighted by Crippen LogP contribution is -2.37. The topological polar surface area (TPSA) is 62.5 Å². The molecule has 0 aliphatic carbocycles. The molecule has 0 saturated carbocycles. The van der Waals surface area contributed by atoms with Gasteiger partial charge in [-0.1, -0.05) is 32.0 Å². The van der Waals surface area contributed by atoms with Gasteiger partial charge in [0.1, 0.15) is 11.3 Å². The number of aromatic nitrogens is 1. The van der Waals surface area contributed by atoms with Gasteiger partial charge in [-0.15, -0.1) is 11.3 Å². The summed E-state index contributed by atoms with van der Waals surface area (Å²) in [5, 5.41) is 11.2. The first-order valence-corrected chi connectivity index (χ1v) is 9.82. The van der Waals surface area contributed by atoms with Crippen molar-refractivity contribution in [3.63, 3.8) is 0 Å². The number of thiazole rings is 1. The van der Waals surface area contributed by atoms with Gasteiger partial charge >= 0.3 is 0 Å². The molecule has 0 aliphatic rings. The van der Waals surface area contributed by atoms with Gasteiger partial charge in [0.15, 0.2) is 5.96 Å². The molecule has 0 spiro atoms. The number of hydrogen-bond donors (Lipinski definition) is 2. The smallest absolute Gasteiger partial charge is 0.191 e. The number of hydrogen-bond acceptors (Lipinski definition) is 4. The molecule has 26 heavy (non-hydrogen) atoms. The Morgan fingerprint density at radius 1 is 1.27 bits per heavy atom. The maximum Gasteiger partial charge on any atom is 0.191 e. The summed E-state index contributed by atoms with van der Waals surface area (Å²) >= 11 is 1.74. The summed E-state index contributed by atoms with van der Waals surface area (Å²) in [5.74, 6) is 2.20. The van der Waals surface area contributed by atoms with Crippen LogP contribution in [-0.4, -0.2) is 24.5 Å². The van der Waals surface area contributed by atoms with Gasteiger partial charge in [-0.3, -0.25) is 4.99 Å². The molecule has 2 heterocycles. The Morgan fingerprint density at radius 3 is 2.77 bits per heavy atom. The second kappa shape index (κ2) is 8.36. The average Bonchev–Trinajstić information content (AvgIpc) is 3.23. The quantitative estimate of drug-likeness (QED) is 0.503. The Balaban J connectivity index is 1.52. The molecule has 0 radical (unpaired) electrons. The highest BCUT2D eigenvalue weighted by Crippen LogP contribution is 2.24. The van der Waals surface area contributed by atoms with Crippen molar-refractivity contribution in [1.29, 1.82) is 0 Å². The lowest BCUT2D eigenvalue weighted by atomic mass is 10.1. The van der Waals surface area contributed by atoms with Crippen molar-refractivity contribution in [2.75, 3.05) is 13.6 Å². The van der Waals surface area contributed by atoms with E-state index in [1.165, 1.54) is 10.6 Å². The van der Waals surface area contributed by atoms with E-state index < -0.39 is 0 Å². The first-order chi connectivity index (χ1) is 12.6. The van der Waals surface area contributed by atoms with Crippen LogP contribution < -0.4 is 10.6 Å². The molecule has 6 heteroatoms. The van der Waals surface area contributed by atoms with Crippen LogP contribution >= 0.6 is 11.3 Å². The number of aliphatic imine (C=N–C) groups is 1. The number of aryl methyl sites for hydroxylation is 1. The van der Waals surface area contributed by atoms with E-state index in [2.05, 4.69) is 52.8 Å². The van der Waals surface area contributed by atoms with Gasteiger partial charge in [-0.25, -0.2) is 4.98 Å². The number of rotatable bonds is 6. The molecule has 1 aromatic carbocycles. The van der Waals surface area contributed by atoms with E-state index in [-0.39, 0.29) is 0 Å². The van der Waals surface area contributed by atoms with Crippen molar-refractivity contribution in [3.8, 4) is 0 Å². The molecule has 0 bridgehead atoms. The third kappa shape index (κ3) is 4.25. The molecule has 0 atom stereocenters. The lowest BCUT2D eigenvalue weighted by molar-refractivity contribution is 0.534. The molecule has 0 amide bonds. The molecule has 3 aromatic rings. The van der Waals surface area contributed by atoms with Crippen molar-refractivity contribution < 1.29 is 4.42 Å². The zero-order valence-corrected chi connectivity index (χ0v) is 16.6. The molecule has 2 aromatic heterocycles. The Hall–Kier alpha value is -2.34. The van der Waals surface area contributed by atoms with E-state index in [4.69, 9.17) is 4.42 Å². The van der Waals surface area contributed by atoms with Crippen LogP contribution in [0, 0.1) is 6.92 Å². The van der Waals surface area contributed by atoms with Gasteiger partial charge in [-0.05, 0) is 13.0 Å². The van der Waals surface area contributed by atoms with Crippen LogP contribution in [0.5, 0.6) is 0 Å². The number of nitrogens with zero attached hydrogens (tertiary/aromatic N) is 2. The Morgan fingerprint density at radius 2 is 2.08 bits per heavy atom. The van der Waals surface area contributed by atoms with Crippen LogP contribution in [0.2, 0.25) is 0 Å². The predicted octanol–water partition coefficient (Wildman–Crippen LogP) is 4.23. The average molecular weight is 371 g/mol. The zero-order valence-electron chi connectivity index (χ0n) is 15.8. The largest absolute Gasteiger partial charge is 0.459 e. The highest BCUT2D eigenvalue weighted by Gasteiger charge is 2.10. The summed E-state index contributed by atoms with van der Waals surface area (Å²) in [6.45, 7) is 7.83. The van der Waals surface area contributed by atoms with E-state index in [1.807, 2.05) is 18.2 Å². The Labute approximate surface area is 158 Å². The Kier molecular flexibility index (Phi) is 5.93. The second-order valence-electron chi connectivity index (χ2n) is 6.58. The van der Waals surface area contributed by atoms with Gasteiger partial charge < -0.3 is 15.1 Å². The van der Waals surface area contributed by atoms with Crippen LogP contribution in [0.4, 0.5) is 0 Å². The Bertz CT molecular complexity index is 894. The van der Waals surface area contributed by atoms with Crippen molar-refractivity contribution in [3.05, 3.63) is 51.7 Å². The summed E-state index contributed by atoms with van der Waals surface area (Å²) in [7, 11) is 1.78. The second-order valence-corrected chi connectivity index (χ2v) is 7.47. The van der Waals surface area contributed by atoms with Crippen molar-refractivity contribution in [2.45, 2.75) is 39.7 Å². The molecule has 3 rings (SSSR count). The van der Waals surface area contributed by atoms with Gasteiger partial charge in [0.2, 0.25) is 0 Å². The molecular formula is C20H26N4OS. The van der Waals surface area contributed by atoms with Gasteiger partial charge in [0.05, 0.1) is 17.2 Å². The van der Waals surface area contributed by atoms with Gasteiger partial charge in [0, 0.05) is 42.3 Å². The van der Waals surface area contributed by atoms with Crippen molar-refractivity contribution in [1.82, 2.24) is 15.6 Å². The van der Waals surface area contributed by atoms with Gasteiger partial charge in [0.25, 0.3) is 0 Å². The number of furan rings is 1. The van der Waals surface area contributed by atoms with E-state index in [0.29, 0.717) is 12.5 Å². The summed E-state index contributed by atoms with van der Waals surface area (Å²) < 4.78 is 5.94. The fourth-order valence-electron chi connectivity index (χ4n) is 2.79. The molecule has 138 valence electrons. The molecule has 0 unspecified atom stereocenters. The minimum absolute atomic E-state index is 0.489. The van der Waals surface area contributed by atoms with E-state index >= 15 is 0 Å². The monoisotopic (exact) mass is 370 g/mol. The minimum Gasteiger partial charge on any atom is -0.459 e. The van der Waals surface area contributed by atoms with Crippen molar-refractivity contribution in [2.24, 2.45) is 4.99 Å². The molecule has 0 saturated heterocycles. The number of para-hydroxylation sites is 1. The molecule has 0 aliphatic heterocycles. The number of fused-ring (bicyclic) bond motifs is 1. The zero-order chi connectivity index (χ0) is 18.5. The maximum absolute atomic E-state index is 5.94.